The smallest absolute Gasteiger partial charge is 0.307 e. The van der Waals surface area contributed by atoms with Crippen molar-refractivity contribution in [2.75, 3.05) is 26.7 Å². The molecule has 2 heterocycles. The number of ether oxygens (including phenoxy) is 1. The van der Waals surface area contributed by atoms with Crippen LogP contribution in [0.3, 0.4) is 0 Å². The van der Waals surface area contributed by atoms with Crippen LogP contribution in [-0.4, -0.2) is 43.7 Å². The molecule has 0 saturated carbocycles. The van der Waals surface area contributed by atoms with E-state index in [0.717, 1.165) is 32.5 Å². The maximum atomic E-state index is 11.6. The number of thiophene rings is 1. The van der Waals surface area contributed by atoms with Crippen molar-refractivity contribution in [3.63, 3.8) is 0 Å². The predicted octanol–water partition coefficient (Wildman–Crippen LogP) is 2.43. The number of hydrogen-bond acceptors (Lipinski definition) is 5. The summed E-state index contributed by atoms with van der Waals surface area (Å²) in [6.45, 7) is 5.62. The number of esters is 1. The van der Waals surface area contributed by atoms with Crippen molar-refractivity contribution in [3.8, 4) is 0 Å². The summed E-state index contributed by atoms with van der Waals surface area (Å²) in [5.74, 6) is -0.151. The molecular weight excluding hydrogens is 272 g/mol. The van der Waals surface area contributed by atoms with Gasteiger partial charge in [0.15, 0.2) is 0 Å². The van der Waals surface area contributed by atoms with Gasteiger partial charge >= 0.3 is 5.97 Å². The Balaban J connectivity index is 1.92. The van der Waals surface area contributed by atoms with Gasteiger partial charge in [-0.05, 0) is 43.9 Å². The molecule has 5 heteroatoms. The molecular formula is C15H24N2O2S. The van der Waals surface area contributed by atoms with Gasteiger partial charge in [-0.1, -0.05) is 13.0 Å². The first-order valence-corrected chi connectivity index (χ1v) is 8.19. The highest BCUT2D eigenvalue weighted by Gasteiger charge is 2.24. The Morgan fingerprint density at radius 2 is 2.30 bits per heavy atom. The van der Waals surface area contributed by atoms with E-state index in [1.54, 1.807) is 11.3 Å². The summed E-state index contributed by atoms with van der Waals surface area (Å²) in [7, 11) is 1.45. The number of rotatable bonds is 6. The SMILES string of the molecule is CCN1CCC(NC(CC(=O)OC)c2cccs2)CC1. The van der Waals surface area contributed by atoms with Crippen molar-refractivity contribution < 1.29 is 9.53 Å². The second-order valence-electron chi connectivity index (χ2n) is 5.22. The third kappa shape index (κ3) is 4.30. The van der Waals surface area contributed by atoms with Crippen LogP contribution < -0.4 is 5.32 Å². The average molecular weight is 296 g/mol. The Kier molecular flexibility index (Phi) is 6.01. The number of hydrogen-bond donors (Lipinski definition) is 1. The molecule has 1 fully saturated rings. The Bertz CT molecular complexity index is 400. The highest BCUT2D eigenvalue weighted by Crippen LogP contribution is 2.24. The zero-order chi connectivity index (χ0) is 14.4. The minimum atomic E-state index is -0.151. The van der Waals surface area contributed by atoms with Crippen molar-refractivity contribution in [2.45, 2.75) is 38.3 Å². The number of likely N-dealkylation sites (tertiary alicyclic amines) is 1. The molecule has 1 aliphatic heterocycles. The molecule has 0 aromatic carbocycles. The van der Waals surface area contributed by atoms with Gasteiger partial charge in [0.05, 0.1) is 19.6 Å². The monoisotopic (exact) mass is 296 g/mol. The first-order valence-electron chi connectivity index (χ1n) is 7.31. The molecule has 2 rings (SSSR count). The van der Waals surface area contributed by atoms with E-state index in [4.69, 9.17) is 4.74 Å². The molecule has 0 bridgehead atoms. The number of nitrogens with one attached hydrogen (secondary N) is 1. The minimum absolute atomic E-state index is 0.0839. The quantitative estimate of drug-likeness (QED) is 0.819. The van der Waals surface area contributed by atoms with Crippen LogP contribution in [-0.2, 0) is 9.53 Å². The summed E-state index contributed by atoms with van der Waals surface area (Å²) in [5.41, 5.74) is 0. The third-order valence-electron chi connectivity index (χ3n) is 3.96. The second-order valence-corrected chi connectivity index (χ2v) is 6.20. The normalized spacial score (nSPS) is 18.9. The number of methoxy groups -OCH3 is 1. The molecule has 4 nitrogen and oxygen atoms in total. The molecule has 1 aliphatic rings. The number of nitrogens with zero attached hydrogens (tertiary/aromatic N) is 1. The highest BCUT2D eigenvalue weighted by atomic mass is 32.1. The van der Waals surface area contributed by atoms with Crippen LogP contribution in [0.15, 0.2) is 17.5 Å². The van der Waals surface area contributed by atoms with Gasteiger partial charge in [-0.2, -0.15) is 0 Å². The van der Waals surface area contributed by atoms with Crippen LogP contribution in [0.4, 0.5) is 0 Å². The molecule has 1 N–H and O–H groups in total. The van der Waals surface area contributed by atoms with E-state index in [9.17, 15) is 4.79 Å². The van der Waals surface area contributed by atoms with E-state index < -0.39 is 0 Å². The van der Waals surface area contributed by atoms with Crippen molar-refractivity contribution >= 4 is 17.3 Å². The Morgan fingerprint density at radius 3 is 2.85 bits per heavy atom. The maximum Gasteiger partial charge on any atom is 0.307 e. The summed E-state index contributed by atoms with van der Waals surface area (Å²) in [4.78, 5) is 15.3. The van der Waals surface area contributed by atoms with Crippen molar-refractivity contribution in [1.82, 2.24) is 10.2 Å². The van der Waals surface area contributed by atoms with Gasteiger partial charge in [-0.25, -0.2) is 0 Å². The van der Waals surface area contributed by atoms with Crippen LogP contribution >= 0.6 is 11.3 Å². The van der Waals surface area contributed by atoms with E-state index >= 15 is 0 Å². The molecule has 0 radical (unpaired) electrons. The van der Waals surface area contributed by atoms with E-state index in [1.807, 2.05) is 6.07 Å². The molecule has 1 unspecified atom stereocenters. The van der Waals surface area contributed by atoms with Crippen molar-refractivity contribution in [3.05, 3.63) is 22.4 Å². The summed E-state index contributed by atoms with van der Waals surface area (Å²) < 4.78 is 4.82. The zero-order valence-electron chi connectivity index (χ0n) is 12.3. The third-order valence-corrected chi connectivity index (χ3v) is 4.94. The van der Waals surface area contributed by atoms with Gasteiger partial charge in [-0.3, -0.25) is 4.79 Å². The van der Waals surface area contributed by atoms with Crippen LogP contribution in [0.1, 0.15) is 37.1 Å². The Labute approximate surface area is 125 Å². The first kappa shape index (κ1) is 15.5. The highest BCUT2D eigenvalue weighted by molar-refractivity contribution is 7.10. The minimum Gasteiger partial charge on any atom is -0.469 e. The number of carbonyl (C=O) groups is 1. The van der Waals surface area contributed by atoms with Gasteiger partial charge in [0, 0.05) is 10.9 Å². The van der Waals surface area contributed by atoms with E-state index in [1.165, 1.54) is 12.0 Å². The molecule has 112 valence electrons. The molecule has 1 aromatic rings. The van der Waals surface area contributed by atoms with E-state index in [0.29, 0.717) is 12.5 Å². The predicted molar refractivity (Wildman–Crippen MR) is 82.0 cm³/mol. The van der Waals surface area contributed by atoms with Gasteiger partial charge in [-0.15, -0.1) is 11.3 Å². The topological polar surface area (TPSA) is 41.6 Å². The summed E-state index contributed by atoms with van der Waals surface area (Å²) in [6.07, 6.45) is 2.71. The number of piperidine rings is 1. The molecule has 0 aliphatic carbocycles. The lowest BCUT2D eigenvalue weighted by atomic mass is 10.0. The molecule has 1 saturated heterocycles. The van der Waals surface area contributed by atoms with Gasteiger partial charge in [0.2, 0.25) is 0 Å². The van der Waals surface area contributed by atoms with Crippen molar-refractivity contribution in [1.29, 1.82) is 0 Å². The molecule has 20 heavy (non-hydrogen) atoms. The Hall–Kier alpha value is -0.910. The fraction of sp³-hybridized carbons (Fsp3) is 0.667. The van der Waals surface area contributed by atoms with E-state index in [-0.39, 0.29) is 12.0 Å². The summed E-state index contributed by atoms with van der Waals surface area (Å²) in [6, 6.07) is 4.70. The van der Waals surface area contributed by atoms with Crippen LogP contribution in [0.25, 0.3) is 0 Å². The molecule has 1 aromatic heterocycles. The zero-order valence-corrected chi connectivity index (χ0v) is 13.1. The van der Waals surface area contributed by atoms with Crippen LogP contribution in [0, 0.1) is 0 Å². The second kappa shape index (κ2) is 7.76. The standard InChI is InChI=1S/C15H24N2O2S/c1-3-17-8-6-12(7-9-17)16-13(11-15(18)19-2)14-5-4-10-20-14/h4-5,10,12-13,16H,3,6-9,11H2,1-2H3. The fourth-order valence-corrected chi connectivity index (χ4v) is 3.47. The first-order chi connectivity index (χ1) is 9.72. The largest absolute Gasteiger partial charge is 0.469 e. The lowest BCUT2D eigenvalue weighted by molar-refractivity contribution is -0.141. The van der Waals surface area contributed by atoms with Crippen LogP contribution in [0.5, 0.6) is 0 Å². The van der Waals surface area contributed by atoms with Crippen LogP contribution in [0.2, 0.25) is 0 Å². The van der Waals surface area contributed by atoms with E-state index in [2.05, 4.69) is 28.6 Å². The van der Waals surface area contributed by atoms with Gasteiger partial charge in [0.1, 0.15) is 0 Å². The lowest BCUT2D eigenvalue weighted by Gasteiger charge is -2.33. The van der Waals surface area contributed by atoms with Crippen molar-refractivity contribution in [2.24, 2.45) is 0 Å². The maximum absolute atomic E-state index is 11.6. The number of carbonyl (C=O) groups excluding carboxylic acids is 1. The fourth-order valence-electron chi connectivity index (χ4n) is 2.68. The lowest BCUT2D eigenvalue weighted by Crippen LogP contribution is -2.43. The van der Waals surface area contributed by atoms with Gasteiger partial charge < -0.3 is 15.0 Å². The Morgan fingerprint density at radius 1 is 1.55 bits per heavy atom. The molecule has 0 amide bonds. The molecule has 0 spiro atoms. The summed E-state index contributed by atoms with van der Waals surface area (Å²) >= 11 is 1.70. The van der Waals surface area contributed by atoms with Gasteiger partial charge in [0.25, 0.3) is 0 Å². The average Bonchev–Trinajstić information content (AvgIpc) is 3.01. The molecule has 1 atom stereocenters. The summed E-state index contributed by atoms with van der Waals surface area (Å²) in [5, 5.41) is 5.71.